The molecule has 9 heteroatoms. The highest BCUT2D eigenvalue weighted by Crippen LogP contribution is 2.25. The van der Waals surface area contributed by atoms with Crippen molar-refractivity contribution in [3.8, 4) is 11.4 Å². The van der Waals surface area contributed by atoms with Gasteiger partial charge >= 0.3 is 5.69 Å². The van der Waals surface area contributed by atoms with Gasteiger partial charge in [-0.3, -0.25) is 18.5 Å². The summed E-state index contributed by atoms with van der Waals surface area (Å²) in [5, 5.41) is 8.59. The Balaban J connectivity index is 1.94. The zero-order chi connectivity index (χ0) is 21.0. The molecule has 5 aromatic rings. The lowest BCUT2D eigenvalue weighted by Gasteiger charge is -2.08. The topological polar surface area (TPSA) is 79.1 Å². The Morgan fingerprint density at radius 1 is 0.900 bits per heavy atom. The van der Waals surface area contributed by atoms with E-state index in [0.29, 0.717) is 22.8 Å². The summed E-state index contributed by atoms with van der Waals surface area (Å²) in [6, 6.07) is 15.7. The van der Waals surface area contributed by atoms with Crippen molar-refractivity contribution in [1.82, 2.24) is 28.3 Å². The highest BCUT2D eigenvalue weighted by molar-refractivity contribution is 5.80. The van der Waals surface area contributed by atoms with Crippen molar-refractivity contribution in [3.05, 3.63) is 86.8 Å². The Bertz CT molecular complexity index is 1540. The average Bonchev–Trinajstić information content (AvgIpc) is 3.32. The molecule has 0 unspecified atom stereocenters. The van der Waals surface area contributed by atoms with Crippen molar-refractivity contribution >= 4 is 16.9 Å². The molecule has 0 aliphatic carbocycles. The van der Waals surface area contributed by atoms with E-state index in [1.54, 1.807) is 34.2 Å². The predicted octanol–water partition coefficient (Wildman–Crippen LogP) is 1.94. The molecule has 0 saturated heterocycles. The first kappa shape index (κ1) is 18.0. The van der Waals surface area contributed by atoms with Gasteiger partial charge in [-0.05, 0) is 6.07 Å². The van der Waals surface area contributed by atoms with E-state index in [1.165, 1.54) is 17.7 Å². The molecule has 8 nitrogen and oxygen atoms in total. The summed E-state index contributed by atoms with van der Waals surface area (Å²) >= 11 is 0. The van der Waals surface area contributed by atoms with Crippen molar-refractivity contribution in [2.24, 2.45) is 14.1 Å². The van der Waals surface area contributed by atoms with Crippen LogP contribution in [0.3, 0.4) is 0 Å². The fourth-order valence-corrected chi connectivity index (χ4v) is 3.77. The number of hydrogen-bond donors (Lipinski definition) is 0. The van der Waals surface area contributed by atoms with Crippen LogP contribution in [-0.4, -0.2) is 28.3 Å². The Labute approximate surface area is 169 Å². The number of aromatic nitrogens is 6. The zero-order valence-corrected chi connectivity index (χ0v) is 16.3. The van der Waals surface area contributed by atoms with E-state index in [4.69, 9.17) is 0 Å². The second kappa shape index (κ2) is 6.51. The van der Waals surface area contributed by atoms with Crippen LogP contribution in [0.1, 0.15) is 5.56 Å². The van der Waals surface area contributed by atoms with Gasteiger partial charge in [-0.25, -0.2) is 13.6 Å². The summed E-state index contributed by atoms with van der Waals surface area (Å²) in [7, 11) is 3.01. The van der Waals surface area contributed by atoms with Crippen molar-refractivity contribution in [3.63, 3.8) is 0 Å². The van der Waals surface area contributed by atoms with E-state index in [-0.39, 0.29) is 17.9 Å². The molecule has 5 rings (SSSR count). The number of fused-ring (bicyclic) bond motifs is 3. The van der Waals surface area contributed by atoms with E-state index in [9.17, 15) is 14.0 Å². The van der Waals surface area contributed by atoms with E-state index in [0.717, 1.165) is 10.1 Å². The highest BCUT2D eigenvalue weighted by atomic mass is 19.1. The summed E-state index contributed by atoms with van der Waals surface area (Å²) in [5.41, 5.74) is 0.850. The molecule has 150 valence electrons. The van der Waals surface area contributed by atoms with Gasteiger partial charge in [0.1, 0.15) is 5.82 Å². The zero-order valence-electron chi connectivity index (χ0n) is 16.3. The lowest BCUT2D eigenvalue weighted by atomic mass is 10.2. The SMILES string of the molecule is Cn1c(=O)c2c(n(C)c1=O)n1c(-c3ccccc3)nnc1n2Cc1ccccc1F. The van der Waals surface area contributed by atoms with Gasteiger partial charge in [-0.15, -0.1) is 10.2 Å². The normalized spacial score (nSPS) is 11.6. The van der Waals surface area contributed by atoms with Crippen LogP contribution in [0.15, 0.2) is 64.2 Å². The fraction of sp³-hybridized carbons (Fsp3) is 0.143. The minimum atomic E-state index is -0.478. The second-order valence-electron chi connectivity index (χ2n) is 7.08. The molecule has 0 N–H and O–H groups in total. The van der Waals surface area contributed by atoms with Crippen LogP contribution in [0.25, 0.3) is 28.3 Å². The fourth-order valence-electron chi connectivity index (χ4n) is 3.77. The Morgan fingerprint density at radius 2 is 1.60 bits per heavy atom. The molecule has 3 aromatic heterocycles. The van der Waals surface area contributed by atoms with Gasteiger partial charge in [0.25, 0.3) is 5.56 Å². The maximum atomic E-state index is 14.4. The molecule has 0 aliphatic rings. The third kappa shape index (κ3) is 2.45. The van der Waals surface area contributed by atoms with Gasteiger partial charge in [0.2, 0.25) is 5.78 Å². The number of halogens is 1. The summed E-state index contributed by atoms with van der Waals surface area (Å²) in [5.74, 6) is 0.457. The molecule has 0 spiro atoms. The molecule has 0 fully saturated rings. The molecule has 0 bridgehead atoms. The monoisotopic (exact) mass is 404 g/mol. The van der Waals surface area contributed by atoms with Gasteiger partial charge in [-0.1, -0.05) is 48.5 Å². The minimum absolute atomic E-state index is 0.0695. The first-order valence-electron chi connectivity index (χ1n) is 9.31. The minimum Gasteiger partial charge on any atom is -0.298 e. The molecule has 2 aromatic carbocycles. The van der Waals surface area contributed by atoms with Crippen LogP contribution in [-0.2, 0) is 20.6 Å². The van der Waals surface area contributed by atoms with Gasteiger partial charge in [0, 0.05) is 25.2 Å². The van der Waals surface area contributed by atoms with Crippen LogP contribution in [0, 0.1) is 5.82 Å². The molecule has 0 saturated carbocycles. The number of nitrogens with zero attached hydrogens (tertiary/aromatic N) is 6. The Hall–Kier alpha value is -4.01. The first-order valence-corrected chi connectivity index (χ1v) is 9.31. The van der Waals surface area contributed by atoms with Gasteiger partial charge in [0.05, 0.1) is 6.54 Å². The Morgan fingerprint density at radius 3 is 2.33 bits per heavy atom. The van der Waals surface area contributed by atoms with Crippen LogP contribution in [0.4, 0.5) is 4.39 Å². The van der Waals surface area contributed by atoms with E-state index < -0.39 is 11.2 Å². The summed E-state index contributed by atoms with van der Waals surface area (Å²) < 4.78 is 20.1. The second-order valence-corrected chi connectivity index (χ2v) is 7.08. The van der Waals surface area contributed by atoms with E-state index in [2.05, 4.69) is 10.2 Å². The average molecular weight is 404 g/mol. The number of hydrogen-bond acceptors (Lipinski definition) is 4. The van der Waals surface area contributed by atoms with Crippen LogP contribution < -0.4 is 11.2 Å². The molecular weight excluding hydrogens is 387 g/mol. The number of imidazole rings is 1. The number of aryl methyl sites for hydroxylation is 1. The molecule has 0 aliphatic heterocycles. The summed E-state index contributed by atoms with van der Waals surface area (Å²) in [6.07, 6.45) is 0. The summed E-state index contributed by atoms with van der Waals surface area (Å²) in [6.45, 7) is 0.0695. The third-order valence-electron chi connectivity index (χ3n) is 5.30. The predicted molar refractivity (Wildman–Crippen MR) is 110 cm³/mol. The van der Waals surface area contributed by atoms with Crippen molar-refractivity contribution in [2.75, 3.05) is 0 Å². The van der Waals surface area contributed by atoms with E-state index >= 15 is 0 Å². The summed E-state index contributed by atoms with van der Waals surface area (Å²) in [4.78, 5) is 25.7. The quantitative estimate of drug-likeness (QED) is 0.460. The molecule has 0 atom stereocenters. The van der Waals surface area contributed by atoms with Crippen LogP contribution in [0.2, 0.25) is 0 Å². The molecule has 30 heavy (non-hydrogen) atoms. The van der Waals surface area contributed by atoms with Gasteiger partial charge in [0.15, 0.2) is 17.0 Å². The lowest BCUT2D eigenvalue weighted by molar-refractivity contribution is 0.602. The van der Waals surface area contributed by atoms with Crippen LogP contribution >= 0.6 is 0 Å². The van der Waals surface area contributed by atoms with Crippen molar-refractivity contribution in [2.45, 2.75) is 6.54 Å². The van der Waals surface area contributed by atoms with Crippen molar-refractivity contribution < 1.29 is 4.39 Å². The largest absolute Gasteiger partial charge is 0.332 e. The smallest absolute Gasteiger partial charge is 0.298 e. The number of rotatable bonds is 3. The maximum Gasteiger partial charge on any atom is 0.332 e. The molecular formula is C21H17FN6O2. The van der Waals surface area contributed by atoms with Gasteiger partial charge < -0.3 is 0 Å². The highest BCUT2D eigenvalue weighted by Gasteiger charge is 2.24. The van der Waals surface area contributed by atoms with E-state index in [1.807, 2.05) is 30.3 Å². The maximum absolute atomic E-state index is 14.4. The third-order valence-corrected chi connectivity index (χ3v) is 5.30. The van der Waals surface area contributed by atoms with Gasteiger partial charge in [-0.2, -0.15) is 0 Å². The Kier molecular flexibility index (Phi) is 3.92. The standard InChI is InChI=1S/C21H17FN6O2/c1-25-18-16(19(29)26(2)21(25)30)27(12-14-10-6-7-11-15(14)22)20-24-23-17(28(18)20)13-8-4-3-5-9-13/h3-11H,12H2,1-2H3. The van der Waals surface area contributed by atoms with Crippen molar-refractivity contribution in [1.29, 1.82) is 0 Å². The molecule has 3 heterocycles. The molecule has 0 radical (unpaired) electrons. The van der Waals surface area contributed by atoms with Crippen LogP contribution in [0.5, 0.6) is 0 Å². The lowest BCUT2D eigenvalue weighted by Crippen LogP contribution is -2.37. The first-order chi connectivity index (χ1) is 14.5. The number of benzene rings is 2. The molecule has 0 amide bonds.